The number of carboxylic acids is 1. The first-order valence-electron chi connectivity index (χ1n) is 7.90. The molecule has 1 saturated carbocycles. The first-order valence-corrected chi connectivity index (χ1v) is 7.90. The number of aliphatic carboxylic acids is 1. The zero-order chi connectivity index (χ0) is 15.5. The van der Waals surface area contributed by atoms with Crippen molar-refractivity contribution in [2.45, 2.75) is 38.6 Å². The quantitative estimate of drug-likeness (QED) is 0.679. The van der Waals surface area contributed by atoms with Crippen LogP contribution in [0.25, 0.3) is 0 Å². The summed E-state index contributed by atoms with van der Waals surface area (Å²) in [4.78, 5) is 25.8. The molecule has 2 rings (SSSR count). The molecule has 21 heavy (non-hydrogen) atoms. The Hall–Kier alpha value is -1.14. The first-order chi connectivity index (χ1) is 9.93. The van der Waals surface area contributed by atoms with Crippen LogP contribution in [0.15, 0.2) is 0 Å². The Bertz CT molecular complexity index is 392. The lowest BCUT2D eigenvalue weighted by molar-refractivity contribution is -0.143. The fraction of sp³-hybridized carbons (Fsp3) is 0.867. The van der Waals surface area contributed by atoms with E-state index in [1.165, 1.54) is 0 Å². The van der Waals surface area contributed by atoms with Crippen molar-refractivity contribution in [1.82, 2.24) is 15.5 Å². The van der Waals surface area contributed by atoms with Crippen LogP contribution < -0.4 is 10.6 Å². The summed E-state index contributed by atoms with van der Waals surface area (Å²) in [5, 5.41) is 15.4. The highest BCUT2D eigenvalue weighted by atomic mass is 16.4. The topological polar surface area (TPSA) is 81.7 Å². The molecule has 2 unspecified atom stereocenters. The molecular weight excluding hydrogens is 270 g/mol. The van der Waals surface area contributed by atoms with E-state index in [9.17, 15) is 14.7 Å². The summed E-state index contributed by atoms with van der Waals surface area (Å²) >= 11 is 0. The van der Waals surface area contributed by atoms with Crippen molar-refractivity contribution in [1.29, 1.82) is 0 Å². The Morgan fingerprint density at radius 3 is 2.57 bits per heavy atom. The molecule has 2 atom stereocenters. The standard InChI is InChI=1S/C15H27N3O3/c1-15(2,18-8-6-16-7-9-18)14(21)17-10-11-4-3-5-12(11)13(19)20/h11-12,16H,3-10H2,1-2H3,(H,17,21)(H,19,20). The summed E-state index contributed by atoms with van der Waals surface area (Å²) < 4.78 is 0. The third-order valence-corrected chi connectivity index (χ3v) is 4.96. The SMILES string of the molecule is CC(C)(C(=O)NCC1CCCC1C(=O)O)N1CCNCC1. The van der Waals surface area contributed by atoms with E-state index >= 15 is 0 Å². The minimum Gasteiger partial charge on any atom is -0.481 e. The molecule has 1 saturated heterocycles. The number of piperazine rings is 1. The third kappa shape index (κ3) is 3.74. The molecule has 0 aromatic rings. The summed E-state index contributed by atoms with van der Waals surface area (Å²) in [5.74, 6) is -0.952. The predicted octanol–water partition coefficient (Wildman–Crippen LogP) is 0.287. The molecule has 6 nitrogen and oxygen atoms in total. The molecule has 0 aromatic heterocycles. The number of carbonyl (C=O) groups excluding carboxylic acids is 1. The van der Waals surface area contributed by atoms with Crippen LogP contribution in [0.5, 0.6) is 0 Å². The van der Waals surface area contributed by atoms with Crippen molar-refractivity contribution >= 4 is 11.9 Å². The second-order valence-electron chi connectivity index (χ2n) is 6.64. The van der Waals surface area contributed by atoms with Crippen LogP contribution in [0, 0.1) is 11.8 Å². The largest absolute Gasteiger partial charge is 0.481 e. The van der Waals surface area contributed by atoms with Crippen molar-refractivity contribution < 1.29 is 14.7 Å². The summed E-state index contributed by atoms with van der Waals surface area (Å²) in [5.41, 5.74) is -0.542. The number of carboxylic acid groups (broad SMARTS) is 1. The maximum Gasteiger partial charge on any atom is 0.306 e. The van der Waals surface area contributed by atoms with Crippen LogP contribution in [0.1, 0.15) is 33.1 Å². The molecule has 120 valence electrons. The van der Waals surface area contributed by atoms with Gasteiger partial charge in [0.2, 0.25) is 5.91 Å². The molecule has 0 aromatic carbocycles. The summed E-state index contributed by atoms with van der Waals surface area (Å²) in [6.45, 7) is 7.89. The van der Waals surface area contributed by atoms with Gasteiger partial charge in [-0.05, 0) is 32.6 Å². The highest BCUT2D eigenvalue weighted by molar-refractivity contribution is 5.85. The number of amides is 1. The van der Waals surface area contributed by atoms with Crippen LogP contribution in [-0.2, 0) is 9.59 Å². The molecular formula is C15H27N3O3. The van der Waals surface area contributed by atoms with Crippen molar-refractivity contribution in [2.75, 3.05) is 32.7 Å². The smallest absolute Gasteiger partial charge is 0.306 e. The van der Waals surface area contributed by atoms with E-state index < -0.39 is 11.5 Å². The summed E-state index contributed by atoms with van der Waals surface area (Å²) in [7, 11) is 0. The van der Waals surface area contributed by atoms with Crippen LogP contribution in [0.2, 0.25) is 0 Å². The van der Waals surface area contributed by atoms with Gasteiger partial charge in [0.05, 0.1) is 11.5 Å². The van der Waals surface area contributed by atoms with E-state index in [4.69, 9.17) is 0 Å². The second-order valence-corrected chi connectivity index (χ2v) is 6.64. The minimum atomic E-state index is -0.729. The number of nitrogens with one attached hydrogen (secondary N) is 2. The molecule has 0 bridgehead atoms. The molecule has 2 aliphatic rings. The van der Waals surface area contributed by atoms with E-state index in [0.717, 1.165) is 45.4 Å². The van der Waals surface area contributed by atoms with Crippen LogP contribution in [0.3, 0.4) is 0 Å². The van der Waals surface area contributed by atoms with Gasteiger partial charge in [-0.1, -0.05) is 6.42 Å². The van der Waals surface area contributed by atoms with Gasteiger partial charge in [-0.15, -0.1) is 0 Å². The number of hydrogen-bond acceptors (Lipinski definition) is 4. The van der Waals surface area contributed by atoms with Crippen molar-refractivity contribution in [2.24, 2.45) is 11.8 Å². The number of nitrogens with zero attached hydrogens (tertiary/aromatic N) is 1. The van der Waals surface area contributed by atoms with Gasteiger partial charge in [0.15, 0.2) is 0 Å². The molecule has 1 heterocycles. The minimum absolute atomic E-state index is 0.000406. The Labute approximate surface area is 126 Å². The summed E-state index contributed by atoms with van der Waals surface area (Å²) in [6, 6.07) is 0. The van der Waals surface area contributed by atoms with Gasteiger partial charge in [-0.3, -0.25) is 14.5 Å². The van der Waals surface area contributed by atoms with Gasteiger partial charge in [-0.25, -0.2) is 0 Å². The van der Waals surface area contributed by atoms with Gasteiger partial charge >= 0.3 is 5.97 Å². The molecule has 0 radical (unpaired) electrons. The fourth-order valence-electron chi connectivity index (χ4n) is 3.41. The number of carbonyl (C=O) groups is 2. The fourth-order valence-corrected chi connectivity index (χ4v) is 3.41. The van der Waals surface area contributed by atoms with Crippen LogP contribution in [-0.4, -0.2) is 60.1 Å². The van der Waals surface area contributed by atoms with E-state index in [-0.39, 0.29) is 17.7 Å². The van der Waals surface area contributed by atoms with Gasteiger partial charge in [0.1, 0.15) is 0 Å². The highest BCUT2D eigenvalue weighted by Gasteiger charge is 2.37. The average Bonchev–Trinajstić information content (AvgIpc) is 2.94. The summed E-state index contributed by atoms with van der Waals surface area (Å²) in [6.07, 6.45) is 2.57. The van der Waals surface area contributed by atoms with Crippen molar-refractivity contribution in [3.05, 3.63) is 0 Å². The lowest BCUT2D eigenvalue weighted by atomic mass is 9.95. The van der Waals surface area contributed by atoms with Crippen molar-refractivity contribution in [3.8, 4) is 0 Å². The Morgan fingerprint density at radius 1 is 1.29 bits per heavy atom. The zero-order valence-electron chi connectivity index (χ0n) is 13.0. The van der Waals surface area contributed by atoms with Crippen molar-refractivity contribution in [3.63, 3.8) is 0 Å². The number of rotatable bonds is 5. The van der Waals surface area contributed by atoms with Gasteiger partial charge in [0, 0.05) is 32.7 Å². The average molecular weight is 297 g/mol. The molecule has 3 N–H and O–H groups in total. The Kier molecular flexibility index (Phi) is 5.22. The van der Waals surface area contributed by atoms with Gasteiger partial charge < -0.3 is 15.7 Å². The predicted molar refractivity (Wildman–Crippen MR) is 80.0 cm³/mol. The normalized spacial score (nSPS) is 27.5. The molecule has 1 amide bonds. The Morgan fingerprint density at radius 2 is 1.95 bits per heavy atom. The van der Waals surface area contributed by atoms with E-state index in [1.807, 2.05) is 13.8 Å². The highest BCUT2D eigenvalue weighted by Crippen LogP contribution is 2.31. The van der Waals surface area contributed by atoms with E-state index in [0.29, 0.717) is 6.54 Å². The Balaban J connectivity index is 1.87. The zero-order valence-corrected chi connectivity index (χ0v) is 13.0. The van der Waals surface area contributed by atoms with Crippen LogP contribution in [0.4, 0.5) is 0 Å². The maximum absolute atomic E-state index is 12.5. The lowest BCUT2D eigenvalue weighted by Crippen LogP contribution is -2.60. The van der Waals surface area contributed by atoms with E-state index in [1.54, 1.807) is 0 Å². The van der Waals surface area contributed by atoms with Crippen LogP contribution >= 0.6 is 0 Å². The lowest BCUT2D eigenvalue weighted by Gasteiger charge is -2.40. The monoisotopic (exact) mass is 297 g/mol. The molecule has 6 heteroatoms. The van der Waals surface area contributed by atoms with E-state index in [2.05, 4.69) is 15.5 Å². The molecule has 2 fully saturated rings. The number of hydrogen-bond donors (Lipinski definition) is 3. The first kappa shape index (κ1) is 16.2. The molecule has 1 aliphatic carbocycles. The second kappa shape index (κ2) is 6.75. The molecule has 1 aliphatic heterocycles. The maximum atomic E-state index is 12.5. The van der Waals surface area contributed by atoms with Gasteiger partial charge in [0.25, 0.3) is 0 Å². The third-order valence-electron chi connectivity index (χ3n) is 4.96. The van der Waals surface area contributed by atoms with Gasteiger partial charge in [-0.2, -0.15) is 0 Å². The molecule has 0 spiro atoms.